The Bertz CT molecular complexity index is 532. The van der Waals surface area contributed by atoms with E-state index in [-0.39, 0.29) is 0 Å². The summed E-state index contributed by atoms with van der Waals surface area (Å²) in [4.78, 5) is 7.20. The summed E-state index contributed by atoms with van der Waals surface area (Å²) < 4.78 is 0. The van der Waals surface area contributed by atoms with Gasteiger partial charge in [0.1, 0.15) is 5.01 Å². The molecule has 106 valence electrons. The van der Waals surface area contributed by atoms with Gasteiger partial charge in [0, 0.05) is 30.1 Å². The summed E-state index contributed by atoms with van der Waals surface area (Å²) in [6.45, 7) is 3.21. The van der Waals surface area contributed by atoms with Gasteiger partial charge in [-0.1, -0.05) is 30.3 Å². The van der Waals surface area contributed by atoms with Gasteiger partial charge in [0.05, 0.1) is 5.69 Å². The van der Waals surface area contributed by atoms with Crippen LogP contribution < -0.4 is 5.32 Å². The van der Waals surface area contributed by atoms with Crippen molar-refractivity contribution in [2.24, 2.45) is 0 Å². The van der Waals surface area contributed by atoms with Crippen molar-refractivity contribution >= 4 is 11.3 Å². The SMILES string of the molecule is CN(Cc1csc(-c2ccccc2)n1)C1CCCNC1. The van der Waals surface area contributed by atoms with Crippen LogP contribution in [0.4, 0.5) is 0 Å². The quantitative estimate of drug-likeness (QED) is 0.937. The Balaban J connectivity index is 1.65. The summed E-state index contributed by atoms with van der Waals surface area (Å²) in [5.41, 5.74) is 2.40. The first kappa shape index (κ1) is 13.7. The molecule has 1 N–H and O–H groups in total. The largest absolute Gasteiger partial charge is 0.315 e. The third kappa shape index (κ3) is 3.26. The van der Waals surface area contributed by atoms with E-state index in [4.69, 9.17) is 4.98 Å². The van der Waals surface area contributed by atoms with E-state index in [0.717, 1.165) is 18.1 Å². The fourth-order valence-electron chi connectivity index (χ4n) is 2.69. The molecule has 20 heavy (non-hydrogen) atoms. The number of nitrogens with one attached hydrogen (secondary N) is 1. The van der Waals surface area contributed by atoms with Gasteiger partial charge in [-0.25, -0.2) is 4.98 Å². The molecule has 0 amide bonds. The molecule has 1 saturated heterocycles. The second-order valence-corrected chi connectivity index (χ2v) is 6.28. The summed E-state index contributed by atoms with van der Waals surface area (Å²) in [6, 6.07) is 11.1. The molecule has 1 aliphatic rings. The number of benzene rings is 1. The van der Waals surface area contributed by atoms with E-state index in [1.54, 1.807) is 11.3 Å². The maximum Gasteiger partial charge on any atom is 0.123 e. The lowest BCUT2D eigenvalue weighted by molar-refractivity contribution is 0.194. The van der Waals surface area contributed by atoms with Crippen LogP contribution in [0.25, 0.3) is 10.6 Å². The van der Waals surface area contributed by atoms with E-state index in [0.29, 0.717) is 6.04 Å². The van der Waals surface area contributed by atoms with E-state index >= 15 is 0 Å². The molecule has 0 saturated carbocycles. The second-order valence-electron chi connectivity index (χ2n) is 5.43. The molecular formula is C16H21N3S. The zero-order valence-electron chi connectivity index (χ0n) is 11.9. The first-order chi connectivity index (χ1) is 9.83. The number of aromatic nitrogens is 1. The first-order valence-corrected chi connectivity index (χ1v) is 8.11. The van der Waals surface area contributed by atoms with Crippen molar-refractivity contribution in [1.29, 1.82) is 0 Å². The maximum absolute atomic E-state index is 4.77. The van der Waals surface area contributed by atoms with E-state index in [9.17, 15) is 0 Å². The first-order valence-electron chi connectivity index (χ1n) is 7.24. The highest BCUT2D eigenvalue weighted by Crippen LogP contribution is 2.24. The number of hydrogen-bond acceptors (Lipinski definition) is 4. The molecular weight excluding hydrogens is 266 g/mol. The van der Waals surface area contributed by atoms with Crippen LogP contribution in [0.3, 0.4) is 0 Å². The third-order valence-electron chi connectivity index (χ3n) is 3.88. The highest BCUT2D eigenvalue weighted by molar-refractivity contribution is 7.13. The Morgan fingerprint density at radius 2 is 2.20 bits per heavy atom. The monoisotopic (exact) mass is 287 g/mol. The highest BCUT2D eigenvalue weighted by atomic mass is 32.1. The van der Waals surface area contributed by atoms with Gasteiger partial charge in [-0.2, -0.15) is 0 Å². The Kier molecular flexibility index (Phi) is 4.45. The van der Waals surface area contributed by atoms with E-state index < -0.39 is 0 Å². The van der Waals surface area contributed by atoms with Gasteiger partial charge < -0.3 is 5.32 Å². The molecule has 1 aliphatic heterocycles. The van der Waals surface area contributed by atoms with Gasteiger partial charge in [0.25, 0.3) is 0 Å². The molecule has 0 bridgehead atoms. The van der Waals surface area contributed by atoms with Crippen molar-refractivity contribution in [2.45, 2.75) is 25.4 Å². The molecule has 1 unspecified atom stereocenters. The second kappa shape index (κ2) is 6.48. The third-order valence-corrected chi connectivity index (χ3v) is 4.82. The molecule has 3 rings (SSSR count). The Labute approximate surface area is 124 Å². The number of likely N-dealkylation sites (N-methyl/N-ethyl adjacent to an activating group) is 1. The summed E-state index contributed by atoms with van der Waals surface area (Å²) in [5, 5.41) is 6.78. The summed E-state index contributed by atoms with van der Waals surface area (Å²) in [5.74, 6) is 0. The Morgan fingerprint density at radius 3 is 2.95 bits per heavy atom. The minimum Gasteiger partial charge on any atom is -0.315 e. The van der Waals surface area contributed by atoms with Crippen LogP contribution in [0, 0.1) is 0 Å². The van der Waals surface area contributed by atoms with Gasteiger partial charge >= 0.3 is 0 Å². The average Bonchev–Trinajstić information content (AvgIpc) is 2.97. The van der Waals surface area contributed by atoms with Crippen LogP contribution in [0.5, 0.6) is 0 Å². The van der Waals surface area contributed by atoms with Crippen LogP contribution in [-0.4, -0.2) is 36.1 Å². The van der Waals surface area contributed by atoms with Crippen molar-refractivity contribution in [2.75, 3.05) is 20.1 Å². The van der Waals surface area contributed by atoms with Gasteiger partial charge in [-0.15, -0.1) is 11.3 Å². The van der Waals surface area contributed by atoms with Crippen molar-refractivity contribution in [3.63, 3.8) is 0 Å². The Hall–Kier alpha value is -1.23. The summed E-state index contributed by atoms with van der Waals surface area (Å²) >= 11 is 1.74. The zero-order chi connectivity index (χ0) is 13.8. The molecule has 1 aromatic heterocycles. The maximum atomic E-state index is 4.77. The fraction of sp³-hybridized carbons (Fsp3) is 0.438. The summed E-state index contributed by atoms with van der Waals surface area (Å²) in [7, 11) is 2.21. The number of rotatable bonds is 4. The lowest BCUT2D eigenvalue weighted by atomic mass is 10.1. The molecule has 2 heterocycles. The molecule has 3 nitrogen and oxygen atoms in total. The highest BCUT2D eigenvalue weighted by Gasteiger charge is 2.18. The minimum atomic E-state index is 0.644. The minimum absolute atomic E-state index is 0.644. The molecule has 1 atom stereocenters. The normalized spacial score (nSPS) is 19.4. The number of piperidine rings is 1. The number of hydrogen-bond donors (Lipinski definition) is 1. The number of nitrogens with zero attached hydrogens (tertiary/aromatic N) is 2. The van der Waals surface area contributed by atoms with Gasteiger partial charge in [0.15, 0.2) is 0 Å². The average molecular weight is 287 g/mol. The Morgan fingerprint density at radius 1 is 1.35 bits per heavy atom. The van der Waals surface area contributed by atoms with Crippen molar-refractivity contribution in [3.05, 3.63) is 41.4 Å². The predicted octanol–water partition coefficient (Wildman–Crippen LogP) is 2.99. The molecule has 0 spiro atoms. The smallest absolute Gasteiger partial charge is 0.123 e. The van der Waals surface area contributed by atoms with E-state index in [1.807, 2.05) is 6.07 Å². The summed E-state index contributed by atoms with van der Waals surface area (Å²) in [6.07, 6.45) is 2.57. The van der Waals surface area contributed by atoms with Crippen molar-refractivity contribution in [1.82, 2.24) is 15.2 Å². The standard InChI is InChI=1S/C16H21N3S/c1-19(15-8-5-9-17-10-15)11-14-12-20-16(18-14)13-6-3-2-4-7-13/h2-4,6-7,12,15,17H,5,8-11H2,1H3. The number of thiazole rings is 1. The molecule has 1 aromatic carbocycles. The van der Waals surface area contributed by atoms with Crippen LogP contribution in [0.2, 0.25) is 0 Å². The molecule has 0 radical (unpaired) electrons. The van der Waals surface area contributed by atoms with Crippen LogP contribution >= 0.6 is 11.3 Å². The molecule has 1 fully saturated rings. The van der Waals surface area contributed by atoms with Gasteiger partial charge in [-0.05, 0) is 26.4 Å². The molecule has 2 aromatic rings. The fourth-order valence-corrected chi connectivity index (χ4v) is 3.50. The van der Waals surface area contributed by atoms with Crippen LogP contribution in [-0.2, 0) is 6.54 Å². The van der Waals surface area contributed by atoms with E-state index in [2.05, 4.69) is 46.9 Å². The topological polar surface area (TPSA) is 28.2 Å². The lowest BCUT2D eigenvalue weighted by Gasteiger charge is -2.31. The predicted molar refractivity (Wildman–Crippen MR) is 84.9 cm³/mol. The van der Waals surface area contributed by atoms with E-state index in [1.165, 1.54) is 30.6 Å². The van der Waals surface area contributed by atoms with Crippen molar-refractivity contribution < 1.29 is 0 Å². The lowest BCUT2D eigenvalue weighted by Crippen LogP contribution is -2.43. The van der Waals surface area contributed by atoms with Crippen LogP contribution in [0.15, 0.2) is 35.7 Å². The van der Waals surface area contributed by atoms with Gasteiger partial charge in [-0.3, -0.25) is 4.90 Å². The zero-order valence-corrected chi connectivity index (χ0v) is 12.7. The molecule has 0 aliphatic carbocycles. The molecule has 4 heteroatoms. The van der Waals surface area contributed by atoms with Gasteiger partial charge in [0.2, 0.25) is 0 Å². The van der Waals surface area contributed by atoms with Crippen molar-refractivity contribution in [3.8, 4) is 10.6 Å². The van der Waals surface area contributed by atoms with Crippen LogP contribution in [0.1, 0.15) is 18.5 Å².